The summed E-state index contributed by atoms with van der Waals surface area (Å²) >= 11 is 1.85. The first kappa shape index (κ1) is 16.2. The van der Waals surface area contributed by atoms with Gasteiger partial charge in [0.2, 0.25) is 0 Å². The average Bonchev–Trinajstić information content (AvgIpc) is 2.58. The van der Waals surface area contributed by atoms with Crippen LogP contribution < -0.4 is 0 Å². The van der Waals surface area contributed by atoms with Gasteiger partial charge in [0.05, 0.1) is 0 Å². The van der Waals surface area contributed by atoms with Gasteiger partial charge in [-0.1, -0.05) is 51.5 Å². The van der Waals surface area contributed by atoms with Crippen LogP contribution in [0.3, 0.4) is 0 Å². The number of benzene rings is 3. The monoisotopic (exact) mass is 366 g/mol. The lowest BCUT2D eigenvalue weighted by Gasteiger charge is -2.22. The van der Waals surface area contributed by atoms with Crippen LogP contribution in [0.25, 0.3) is 11.1 Å². The van der Waals surface area contributed by atoms with Crippen molar-refractivity contribution in [2.24, 2.45) is 0 Å². The minimum absolute atomic E-state index is 1.29. The van der Waals surface area contributed by atoms with Gasteiger partial charge in [-0.2, -0.15) is 0 Å². The van der Waals surface area contributed by atoms with Crippen molar-refractivity contribution in [3.05, 3.63) is 71.3 Å². The van der Waals surface area contributed by atoms with E-state index in [1.807, 2.05) is 33.3 Å². The van der Waals surface area contributed by atoms with E-state index >= 15 is 0 Å². The van der Waals surface area contributed by atoms with Crippen LogP contribution in [0, 0.1) is 20.8 Å². The molecule has 3 heteroatoms. The van der Waals surface area contributed by atoms with Gasteiger partial charge in [-0.25, -0.2) is 0 Å². The standard InChI is InChI=1S/C21H18S3/c1-13-9-17-18-12-19(22-16-7-5-4-6-8-16)15(3)11-21(18)24-23-20(17)10-14(13)2/h4-12H,1-3H3. The van der Waals surface area contributed by atoms with E-state index in [0.29, 0.717) is 0 Å². The molecular weight excluding hydrogens is 348 g/mol. The fourth-order valence-electron chi connectivity index (χ4n) is 2.83. The molecular formula is C21H18S3. The molecule has 0 amide bonds. The van der Waals surface area contributed by atoms with Crippen LogP contribution in [0.4, 0.5) is 0 Å². The van der Waals surface area contributed by atoms with Crippen LogP contribution in [0.2, 0.25) is 0 Å². The smallest absolute Gasteiger partial charge is 0.0268 e. The zero-order chi connectivity index (χ0) is 16.7. The third kappa shape index (κ3) is 3.01. The quantitative estimate of drug-likeness (QED) is 0.430. The second-order valence-corrected chi connectivity index (χ2v) is 9.46. The highest BCUT2D eigenvalue weighted by molar-refractivity contribution is 8.76. The number of rotatable bonds is 2. The SMILES string of the molecule is Cc1cc2c(cc1C)-c1cc(Sc3ccccc3)c(C)cc1SS2. The summed E-state index contributed by atoms with van der Waals surface area (Å²) in [4.78, 5) is 5.40. The Balaban J connectivity index is 1.82. The lowest BCUT2D eigenvalue weighted by atomic mass is 9.99. The van der Waals surface area contributed by atoms with Gasteiger partial charge in [-0.05, 0) is 85.0 Å². The van der Waals surface area contributed by atoms with Gasteiger partial charge in [-0.3, -0.25) is 0 Å². The van der Waals surface area contributed by atoms with E-state index in [0.717, 1.165) is 0 Å². The summed E-state index contributed by atoms with van der Waals surface area (Å²) in [6.07, 6.45) is 0. The van der Waals surface area contributed by atoms with Gasteiger partial charge in [0.1, 0.15) is 0 Å². The van der Waals surface area contributed by atoms with Crippen LogP contribution in [0.5, 0.6) is 0 Å². The zero-order valence-electron chi connectivity index (χ0n) is 13.9. The maximum absolute atomic E-state index is 2.38. The molecule has 3 aromatic rings. The number of hydrogen-bond acceptors (Lipinski definition) is 3. The van der Waals surface area contributed by atoms with Crippen molar-refractivity contribution >= 4 is 33.3 Å². The van der Waals surface area contributed by atoms with Crippen molar-refractivity contribution < 1.29 is 0 Å². The number of aryl methyl sites for hydroxylation is 3. The molecule has 0 spiro atoms. The molecule has 0 fully saturated rings. The molecule has 0 aliphatic carbocycles. The summed E-state index contributed by atoms with van der Waals surface area (Å²) in [5.74, 6) is 0. The van der Waals surface area contributed by atoms with Crippen molar-refractivity contribution in [2.75, 3.05) is 0 Å². The molecule has 24 heavy (non-hydrogen) atoms. The van der Waals surface area contributed by atoms with Gasteiger partial charge < -0.3 is 0 Å². The highest BCUT2D eigenvalue weighted by Gasteiger charge is 2.20. The predicted molar refractivity (Wildman–Crippen MR) is 108 cm³/mol. The van der Waals surface area contributed by atoms with E-state index in [4.69, 9.17) is 0 Å². The molecule has 0 unspecified atom stereocenters. The van der Waals surface area contributed by atoms with Crippen LogP contribution in [0.1, 0.15) is 16.7 Å². The van der Waals surface area contributed by atoms with Crippen molar-refractivity contribution in [3.8, 4) is 11.1 Å². The Labute approximate surface area is 155 Å². The van der Waals surface area contributed by atoms with Crippen molar-refractivity contribution in [1.29, 1.82) is 0 Å². The summed E-state index contributed by atoms with van der Waals surface area (Å²) in [6.45, 7) is 6.62. The topological polar surface area (TPSA) is 0 Å². The molecule has 0 saturated carbocycles. The summed E-state index contributed by atoms with van der Waals surface area (Å²) in [7, 11) is 3.77. The van der Waals surface area contributed by atoms with Crippen LogP contribution in [-0.4, -0.2) is 0 Å². The molecule has 0 saturated heterocycles. The highest BCUT2D eigenvalue weighted by Crippen LogP contribution is 2.53. The van der Waals surface area contributed by atoms with Crippen LogP contribution >= 0.6 is 33.3 Å². The Morgan fingerprint density at radius 2 is 1.25 bits per heavy atom. The minimum Gasteiger partial charge on any atom is -0.0898 e. The first-order chi connectivity index (χ1) is 11.6. The Kier molecular flexibility index (Phi) is 4.42. The van der Waals surface area contributed by atoms with Gasteiger partial charge in [0, 0.05) is 19.6 Å². The Bertz CT molecular complexity index is 914. The molecule has 120 valence electrons. The normalized spacial score (nSPS) is 12.6. The van der Waals surface area contributed by atoms with Crippen molar-refractivity contribution in [3.63, 3.8) is 0 Å². The van der Waals surface area contributed by atoms with E-state index < -0.39 is 0 Å². The highest BCUT2D eigenvalue weighted by atomic mass is 33.1. The van der Waals surface area contributed by atoms with E-state index in [9.17, 15) is 0 Å². The minimum atomic E-state index is 1.29. The lowest BCUT2D eigenvalue weighted by molar-refractivity contribution is 1.21. The Morgan fingerprint density at radius 1 is 0.667 bits per heavy atom. The molecule has 1 aliphatic heterocycles. The predicted octanol–water partition coefficient (Wildman–Crippen LogP) is 7.54. The second kappa shape index (κ2) is 6.55. The Hall–Kier alpha value is -1.29. The average molecular weight is 367 g/mol. The van der Waals surface area contributed by atoms with Gasteiger partial charge in [-0.15, -0.1) is 0 Å². The molecule has 0 N–H and O–H groups in total. The lowest BCUT2D eigenvalue weighted by Crippen LogP contribution is -1.95. The maximum Gasteiger partial charge on any atom is 0.0268 e. The van der Waals surface area contributed by atoms with Crippen LogP contribution in [-0.2, 0) is 0 Å². The van der Waals surface area contributed by atoms with E-state index in [-0.39, 0.29) is 0 Å². The number of hydrogen-bond donors (Lipinski definition) is 0. The summed E-state index contributed by atoms with van der Waals surface area (Å²) < 4.78 is 0. The second-order valence-electron chi connectivity index (χ2n) is 6.13. The third-order valence-electron chi connectivity index (χ3n) is 4.36. The molecule has 4 rings (SSSR count). The molecule has 1 aliphatic rings. The maximum atomic E-state index is 2.38. The van der Waals surface area contributed by atoms with E-state index in [2.05, 4.69) is 75.4 Å². The van der Waals surface area contributed by atoms with E-state index in [1.165, 1.54) is 47.4 Å². The first-order valence-electron chi connectivity index (χ1n) is 7.95. The van der Waals surface area contributed by atoms with E-state index in [1.54, 1.807) is 0 Å². The number of fused-ring (bicyclic) bond motifs is 3. The fraction of sp³-hybridized carbons (Fsp3) is 0.143. The molecule has 3 aromatic carbocycles. The zero-order valence-corrected chi connectivity index (χ0v) is 16.4. The third-order valence-corrected chi connectivity index (χ3v) is 7.97. The molecule has 0 radical (unpaired) electrons. The van der Waals surface area contributed by atoms with Gasteiger partial charge >= 0.3 is 0 Å². The van der Waals surface area contributed by atoms with Crippen molar-refractivity contribution in [1.82, 2.24) is 0 Å². The molecule has 0 aromatic heterocycles. The molecule has 1 heterocycles. The fourth-order valence-corrected chi connectivity index (χ4v) is 6.28. The molecule has 0 bridgehead atoms. The van der Waals surface area contributed by atoms with Crippen LogP contribution in [0.15, 0.2) is 74.2 Å². The largest absolute Gasteiger partial charge is 0.0898 e. The summed E-state index contributed by atoms with van der Waals surface area (Å²) in [5, 5.41) is 0. The molecule has 0 atom stereocenters. The first-order valence-corrected chi connectivity index (χ1v) is 10.9. The summed E-state index contributed by atoms with van der Waals surface area (Å²) in [5.41, 5.74) is 6.84. The van der Waals surface area contributed by atoms with Gasteiger partial charge in [0.25, 0.3) is 0 Å². The summed E-state index contributed by atoms with van der Waals surface area (Å²) in [6, 6.07) is 20.0. The van der Waals surface area contributed by atoms with Gasteiger partial charge in [0.15, 0.2) is 0 Å². The Morgan fingerprint density at radius 3 is 1.96 bits per heavy atom. The van der Waals surface area contributed by atoms with Crippen molar-refractivity contribution in [2.45, 2.75) is 40.4 Å². The molecule has 0 nitrogen and oxygen atoms in total.